The number of nitrogens with one attached hydrogen (secondary N) is 1. The third kappa shape index (κ3) is 2.75. The average Bonchev–Trinajstić information content (AvgIpc) is 2.43. The maximum Gasteiger partial charge on any atom is 0.416 e. The van der Waals surface area contributed by atoms with Crippen molar-refractivity contribution in [2.75, 3.05) is 0 Å². The molecule has 0 aliphatic carbocycles. The van der Waals surface area contributed by atoms with Crippen LogP contribution in [0.5, 0.6) is 0 Å². The van der Waals surface area contributed by atoms with Crippen molar-refractivity contribution in [1.82, 2.24) is 5.32 Å². The molecular weight excluding hydrogens is 289 g/mol. The fraction of sp³-hybridized carbons (Fsp3) is 0.231. The topological polar surface area (TPSA) is 81.9 Å². The Morgan fingerprint density at radius 3 is 2.33 bits per heavy atom. The number of aliphatic imine (C=N–C) groups is 1. The summed E-state index contributed by atoms with van der Waals surface area (Å²) in [6, 6.07) is 3.91. The third-order valence-corrected chi connectivity index (χ3v) is 3.08. The van der Waals surface area contributed by atoms with Crippen molar-refractivity contribution in [3.05, 3.63) is 46.8 Å². The van der Waals surface area contributed by atoms with Gasteiger partial charge in [0.1, 0.15) is 5.84 Å². The zero-order valence-corrected chi connectivity index (χ0v) is 10.8. The van der Waals surface area contributed by atoms with Gasteiger partial charge in [0.2, 0.25) is 5.72 Å². The van der Waals surface area contributed by atoms with Crippen molar-refractivity contribution >= 4 is 12.1 Å². The number of aliphatic hydroxyl groups excluding tert-OH is 1. The molecule has 1 aromatic carbocycles. The van der Waals surface area contributed by atoms with Crippen LogP contribution in [0, 0.1) is 0 Å². The summed E-state index contributed by atoms with van der Waals surface area (Å²) >= 11 is 0. The Hall–Kier alpha value is -2.35. The highest BCUT2D eigenvalue weighted by Gasteiger charge is 2.36. The molecule has 1 atom stereocenters. The molecule has 2 rings (SSSR count). The number of hydrogen-bond acceptors (Lipinski definition) is 5. The van der Waals surface area contributed by atoms with Crippen LogP contribution >= 0.6 is 0 Å². The number of hydrogen-bond donors (Lipinski definition) is 3. The normalized spacial score (nSPS) is 22.6. The first kappa shape index (κ1) is 15.0. The lowest BCUT2D eigenvalue weighted by Crippen LogP contribution is -2.42. The minimum absolute atomic E-state index is 0.104. The SMILES string of the molecule is CC1=C(O)NC(c2ccc(C(F)(F)F)cc2)=NC1(O)C=O. The average molecular weight is 300 g/mol. The number of benzene rings is 1. The number of aldehydes is 1. The van der Waals surface area contributed by atoms with E-state index in [9.17, 15) is 28.2 Å². The number of rotatable bonds is 2. The molecular formula is C13H11F3N2O3. The summed E-state index contributed by atoms with van der Waals surface area (Å²) in [4.78, 5) is 14.6. The molecule has 0 radical (unpaired) electrons. The number of carbonyl (C=O) groups is 1. The Bertz CT molecular complexity index is 635. The molecule has 1 unspecified atom stereocenters. The van der Waals surface area contributed by atoms with Crippen LogP contribution in [0.2, 0.25) is 0 Å². The van der Waals surface area contributed by atoms with Crippen LogP contribution in [-0.4, -0.2) is 28.1 Å². The number of carbonyl (C=O) groups excluding carboxylic acids is 1. The van der Waals surface area contributed by atoms with E-state index in [-0.39, 0.29) is 23.3 Å². The van der Waals surface area contributed by atoms with E-state index >= 15 is 0 Å². The quantitative estimate of drug-likeness (QED) is 0.727. The Balaban J connectivity index is 2.40. The second kappa shape index (κ2) is 4.88. The first-order chi connectivity index (χ1) is 9.67. The van der Waals surface area contributed by atoms with Gasteiger partial charge in [-0.25, -0.2) is 4.99 Å². The predicted molar refractivity (Wildman–Crippen MR) is 67.5 cm³/mol. The van der Waals surface area contributed by atoms with Gasteiger partial charge in [-0.3, -0.25) is 4.79 Å². The molecule has 8 heteroatoms. The summed E-state index contributed by atoms with van der Waals surface area (Å²) in [5.74, 6) is -0.587. The molecule has 0 aromatic heterocycles. The van der Waals surface area contributed by atoms with Gasteiger partial charge >= 0.3 is 6.18 Å². The second-order valence-corrected chi connectivity index (χ2v) is 4.48. The highest BCUT2D eigenvalue weighted by atomic mass is 19.4. The van der Waals surface area contributed by atoms with Crippen molar-refractivity contribution < 1.29 is 28.2 Å². The van der Waals surface area contributed by atoms with Crippen LogP contribution < -0.4 is 5.32 Å². The zero-order valence-electron chi connectivity index (χ0n) is 10.8. The van der Waals surface area contributed by atoms with Crippen molar-refractivity contribution in [1.29, 1.82) is 0 Å². The Labute approximate surface area is 117 Å². The van der Waals surface area contributed by atoms with Crippen LogP contribution in [0.15, 0.2) is 40.7 Å². The smallest absolute Gasteiger partial charge is 0.416 e. The standard InChI is InChI=1S/C13H11F3N2O3/c1-7-11(20)17-10(18-12(7,21)6-19)8-2-4-9(5-3-8)13(14,15)16/h2-6,20-21H,1H3,(H,17,18). The summed E-state index contributed by atoms with van der Waals surface area (Å²) in [6.07, 6.45) is -4.34. The lowest BCUT2D eigenvalue weighted by molar-refractivity contribution is -0.137. The van der Waals surface area contributed by atoms with Gasteiger partial charge in [-0.05, 0) is 19.1 Å². The predicted octanol–water partition coefficient (Wildman–Crippen LogP) is 1.73. The van der Waals surface area contributed by atoms with Crippen LogP contribution in [0.1, 0.15) is 18.1 Å². The molecule has 21 heavy (non-hydrogen) atoms. The van der Waals surface area contributed by atoms with Gasteiger partial charge in [0.05, 0.1) is 5.56 Å². The fourth-order valence-corrected chi connectivity index (χ4v) is 1.73. The van der Waals surface area contributed by atoms with Gasteiger partial charge in [0, 0.05) is 11.1 Å². The molecule has 5 nitrogen and oxygen atoms in total. The van der Waals surface area contributed by atoms with E-state index in [1.54, 1.807) is 0 Å². The lowest BCUT2D eigenvalue weighted by Gasteiger charge is -2.26. The summed E-state index contributed by atoms with van der Waals surface area (Å²) in [5, 5.41) is 22.0. The van der Waals surface area contributed by atoms with E-state index in [2.05, 4.69) is 10.3 Å². The number of aliphatic hydroxyl groups is 2. The molecule has 1 aliphatic rings. The molecule has 0 saturated heterocycles. The van der Waals surface area contributed by atoms with Crippen molar-refractivity contribution in [2.24, 2.45) is 4.99 Å². The van der Waals surface area contributed by atoms with Crippen molar-refractivity contribution in [3.8, 4) is 0 Å². The third-order valence-electron chi connectivity index (χ3n) is 3.08. The minimum Gasteiger partial charge on any atom is -0.494 e. The Kier molecular flexibility index (Phi) is 3.50. The van der Waals surface area contributed by atoms with E-state index in [1.165, 1.54) is 6.92 Å². The number of nitrogens with zero attached hydrogens (tertiary/aromatic N) is 1. The van der Waals surface area contributed by atoms with E-state index < -0.39 is 23.3 Å². The number of alkyl halides is 3. The second-order valence-electron chi connectivity index (χ2n) is 4.48. The van der Waals surface area contributed by atoms with Crippen molar-refractivity contribution in [2.45, 2.75) is 18.8 Å². The van der Waals surface area contributed by atoms with Gasteiger partial charge in [-0.15, -0.1) is 0 Å². The van der Waals surface area contributed by atoms with Crippen LogP contribution in [0.4, 0.5) is 13.2 Å². The highest BCUT2D eigenvalue weighted by Crippen LogP contribution is 2.29. The molecule has 0 fully saturated rings. The van der Waals surface area contributed by atoms with Crippen LogP contribution in [-0.2, 0) is 11.0 Å². The number of halogens is 3. The lowest BCUT2D eigenvalue weighted by atomic mass is 10.0. The molecule has 1 heterocycles. The molecule has 0 amide bonds. The molecule has 1 aliphatic heterocycles. The first-order valence-electron chi connectivity index (χ1n) is 5.81. The first-order valence-corrected chi connectivity index (χ1v) is 5.81. The molecule has 0 saturated carbocycles. The van der Waals surface area contributed by atoms with Crippen LogP contribution in [0.3, 0.4) is 0 Å². The monoisotopic (exact) mass is 300 g/mol. The van der Waals surface area contributed by atoms with Gasteiger partial charge in [-0.2, -0.15) is 13.2 Å². The molecule has 0 bridgehead atoms. The van der Waals surface area contributed by atoms with E-state index in [4.69, 9.17) is 0 Å². The van der Waals surface area contributed by atoms with Gasteiger partial charge < -0.3 is 15.5 Å². The minimum atomic E-state index is -4.47. The molecule has 3 N–H and O–H groups in total. The molecule has 112 valence electrons. The number of amidine groups is 1. The Morgan fingerprint density at radius 2 is 1.86 bits per heavy atom. The van der Waals surface area contributed by atoms with Gasteiger partial charge in [-0.1, -0.05) is 12.1 Å². The van der Waals surface area contributed by atoms with Crippen molar-refractivity contribution in [3.63, 3.8) is 0 Å². The fourth-order valence-electron chi connectivity index (χ4n) is 1.73. The van der Waals surface area contributed by atoms with Gasteiger partial charge in [0.15, 0.2) is 12.2 Å². The molecule has 0 spiro atoms. The maximum atomic E-state index is 12.5. The Morgan fingerprint density at radius 1 is 1.29 bits per heavy atom. The van der Waals surface area contributed by atoms with Gasteiger partial charge in [0.25, 0.3) is 0 Å². The summed E-state index contributed by atoms with van der Waals surface area (Å²) in [7, 11) is 0. The summed E-state index contributed by atoms with van der Waals surface area (Å²) in [5.41, 5.74) is -3.01. The highest BCUT2D eigenvalue weighted by molar-refractivity contribution is 6.02. The maximum absolute atomic E-state index is 12.5. The van der Waals surface area contributed by atoms with E-state index in [0.29, 0.717) is 0 Å². The zero-order chi connectivity index (χ0) is 15.8. The van der Waals surface area contributed by atoms with Crippen LogP contribution in [0.25, 0.3) is 0 Å². The van der Waals surface area contributed by atoms with E-state index in [1.807, 2.05) is 0 Å². The largest absolute Gasteiger partial charge is 0.494 e. The molecule has 1 aromatic rings. The van der Waals surface area contributed by atoms with E-state index in [0.717, 1.165) is 24.3 Å². The summed E-state index contributed by atoms with van der Waals surface area (Å²) < 4.78 is 37.4. The summed E-state index contributed by atoms with van der Waals surface area (Å²) in [6.45, 7) is 1.30.